The van der Waals surface area contributed by atoms with Crippen molar-refractivity contribution >= 4 is 5.91 Å². The fourth-order valence-electron chi connectivity index (χ4n) is 1.21. The second kappa shape index (κ2) is 6.59. The average Bonchev–Trinajstić information content (AvgIpc) is 2.34. The molecule has 0 atom stereocenters. The summed E-state index contributed by atoms with van der Waals surface area (Å²) in [5, 5.41) is 8.61. The van der Waals surface area contributed by atoms with E-state index in [9.17, 15) is 4.79 Å². The number of carbonyl (C=O) groups is 1. The van der Waals surface area contributed by atoms with Crippen LogP contribution in [0.5, 0.6) is 0 Å². The lowest BCUT2D eigenvalue weighted by atomic mass is 10.1. The molecule has 1 rings (SSSR count). The quantitative estimate of drug-likeness (QED) is 0.763. The fourth-order valence-corrected chi connectivity index (χ4v) is 1.21. The van der Waals surface area contributed by atoms with Crippen LogP contribution in [0.2, 0.25) is 0 Å². The van der Waals surface area contributed by atoms with Crippen molar-refractivity contribution in [3.05, 3.63) is 35.4 Å². The van der Waals surface area contributed by atoms with Crippen LogP contribution in [0.15, 0.2) is 24.3 Å². The fraction of sp³-hybridized carbons (Fsp3) is 0.333. The van der Waals surface area contributed by atoms with Crippen LogP contribution in [0.4, 0.5) is 0 Å². The Morgan fingerprint density at radius 3 is 2.69 bits per heavy atom. The molecule has 4 heteroatoms. The highest BCUT2D eigenvalue weighted by atomic mass is 16.6. The van der Waals surface area contributed by atoms with Crippen LogP contribution in [-0.4, -0.2) is 12.5 Å². The van der Waals surface area contributed by atoms with Gasteiger partial charge >= 0.3 is 0 Å². The first-order valence-corrected chi connectivity index (χ1v) is 5.16. The molecule has 0 aliphatic rings. The number of amides is 1. The summed E-state index contributed by atoms with van der Waals surface area (Å²) < 4.78 is 0. The van der Waals surface area contributed by atoms with E-state index in [4.69, 9.17) is 10.1 Å². The molecule has 0 radical (unpaired) electrons. The standard InChI is InChI=1S/C12H14N2O2/c1-2-16-14-12(15)8-7-10-3-5-11(9-13)6-4-10/h3-6H,2,7-8H2,1H3,(H,14,15). The summed E-state index contributed by atoms with van der Waals surface area (Å²) in [6.07, 6.45) is 1.02. The van der Waals surface area contributed by atoms with E-state index in [-0.39, 0.29) is 5.91 Å². The van der Waals surface area contributed by atoms with E-state index in [1.807, 2.05) is 18.2 Å². The molecule has 0 unspecified atom stereocenters. The van der Waals surface area contributed by atoms with Crippen LogP contribution in [0.25, 0.3) is 0 Å². The largest absolute Gasteiger partial charge is 0.274 e. The van der Waals surface area contributed by atoms with Crippen molar-refractivity contribution in [3.8, 4) is 6.07 Å². The van der Waals surface area contributed by atoms with Crippen molar-refractivity contribution in [1.82, 2.24) is 5.48 Å². The molecular weight excluding hydrogens is 204 g/mol. The number of hydroxylamine groups is 1. The number of nitriles is 1. The van der Waals surface area contributed by atoms with Crippen LogP contribution in [0, 0.1) is 11.3 Å². The summed E-state index contributed by atoms with van der Waals surface area (Å²) in [5.41, 5.74) is 3.99. The Kier molecular flexibility index (Phi) is 5.03. The summed E-state index contributed by atoms with van der Waals surface area (Å²) in [6, 6.07) is 9.25. The van der Waals surface area contributed by atoms with Crippen LogP contribution in [-0.2, 0) is 16.1 Å². The number of hydrogen-bond donors (Lipinski definition) is 1. The first kappa shape index (κ1) is 12.2. The van der Waals surface area contributed by atoms with E-state index < -0.39 is 0 Å². The molecule has 0 spiro atoms. The third kappa shape index (κ3) is 4.11. The number of carbonyl (C=O) groups excluding carboxylic acids is 1. The number of rotatable bonds is 5. The Labute approximate surface area is 94.8 Å². The molecule has 0 heterocycles. The highest BCUT2D eigenvalue weighted by Gasteiger charge is 2.01. The summed E-state index contributed by atoms with van der Waals surface area (Å²) in [4.78, 5) is 16.0. The van der Waals surface area contributed by atoms with Gasteiger partial charge < -0.3 is 0 Å². The molecule has 84 valence electrons. The Hall–Kier alpha value is -1.86. The Morgan fingerprint density at radius 1 is 1.44 bits per heavy atom. The van der Waals surface area contributed by atoms with Gasteiger partial charge in [0.15, 0.2) is 0 Å². The van der Waals surface area contributed by atoms with Crippen molar-refractivity contribution in [3.63, 3.8) is 0 Å². The second-order valence-electron chi connectivity index (χ2n) is 3.27. The molecule has 0 fully saturated rings. The van der Waals surface area contributed by atoms with Crippen LogP contribution < -0.4 is 5.48 Å². The van der Waals surface area contributed by atoms with E-state index in [2.05, 4.69) is 5.48 Å². The second-order valence-corrected chi connectivity index (χ2v) is 3.27. The lowest BCUT2D eigenvalue weighted by Crippen LogP contribution is -2.23. The zero-order valence-corrected chi connectivity index (χ0v) is 9.19. The molecule has 0 aliphatic carbocycles. The number of nitrogens with zero attached hydrogens (tertiary/aromatic N) is 1. The Bertz CT molecular complexity index is 379. The van der Waals surface area contributed by atoms with Gasteiger partial charge in [-0.1, -0.05) is 12.1 Å². The minimum Gasteiger partial charge on any atom is -0.274 e. The molecule has 1 aromatic rings. The maximum atomic E-state index is 11.2. The third-order valence-electron chi connectivity index (χ3n) is 2.05. The predicted octanol–water partition coefficient (Wildman–Crippen LogP) is 1.56. The van der Waals surface area contributed by atoms with Crippen LogP contribution in [0.3, 0.4) is 0 Å². The molecule has 16 heavy (non-hydrogen) atoms. The number of aryl methyl sites for hydroxylation is 1. The first-order valence-electron chi connectivity index (χ1n) is 5.16. The van der Waals surface area contributed by atoms with Gasteiger partial charge in [-0.05, 0) is 31.0 Å². The lowest BCUT2D eigenvalue weighted by Gasteiger charge is -2.03. The van der Waals surface area contributed by atoms with Gasteiger partial charge in [0.25, 0.3) is 0 Å². The SMILES string of the molecule is CCONC(=O)CCc1ccc(C#N)cc1. The molecule has 0 saturated heterocycles. The van der Waals surface area contributed by atoms with Gasteiger partial charge in [-0.25, -0.2) is 5.48 Å². The number of benzene rings is 1. The van der Waals surface area contributed by atoms with Crippen molar-refractivity contribution in [2.24, 2.45) is 0 Å². The van der Waals surface area contributed by atoms with Crippen molar-refractivity contribution in [2.45, 2.75) is 19.8 Å². The molecule has 4 nitrogen and oxygen atoms in total. The molecule has 1 amide bonds. The maximum Gasteiger partial charge on any atom is 0.243 e. The van der Waals surface area contributed by atoms with Gasteiger partial charge in [0.05, 0.1) is 18.2 Å². The zero-order valence-electron chi connectivity index (χ0n) is 9.19. The summed E-state index contributed by atoms with van der Waals surface area (Å²) in [6.45, 7) is 2.27. The lowest BCUT2D eigenvalue weighted by molar-refractivity contribution is -0.133. The molecule has 1 N–H and O–H groups in total. The molecule has 0 bridgehead atoms. The van der Waals surface area contributed by atoms with E-state index in [0.29, 0.717) is 25.0 Å². The summed E-state index contributed by atoms with van der Waals surface area (Å²) in [7, 11) is 0. The monoisotopic (exact) mass is 218 g/mol. The van der Waals surface area contributed by atoms with E-state index >= 15 is 0 Å². The molecule has 0 saturated carbocycles. The molecule has 0 aromatic heterocycles. The summed E-state index contributed by atoms with van der Waals surface area (Å²) >= 11 is 0. The minimum atomic E-state index is -0.133. The van der Waals surface area contributed by atoms with E-state index in [1.54, 1.807) is 19.1 Å². The highest BCUT2D eigenvalue weighted by molar-refractivity contribution is 5.75. The van der Waals surface area contributed by atoms with Crippen LogP contribution in [0.1, 0.15) is 24.5 Å². The minimum absolute atomic E-state index is 0.133. The van der Waals surface area contributed by atoms with Crippen molar-refractivity contribution < 1.29 is 9.63 Å². The van der Waals surface area contributed by atoms with Crippen molar-refractivity contribution in [1.29, 1.82) is 5.26 Å². The Morgan fingerprint density at radius 2 is 2.12 bits per heavy atom. The van der Waals surface area contributed by atoms with E-state index in [0.717, 1.165) is 5.56 Å². The topological polar surface area (TPSA) is 62.1 Å². The third-order valence-corrected chi connectivity index (χ3v) is 2.05. The van der Waals surface area contributed by atoms with Gasteiger partial charge in [0, 0.05) is 6.42 Å². The molecule has 0 aliphatic heterocycles. The normalized spacial score (nSPS) is 9.50. The summed E-state index contributed by atoms with van der Waals surface area (Å²) in [5.74, 6) is -0.133. The van der Waals surface area contributed by atoms with Crippen LogP contribution >= 0.6 is 0 Å². The first-order chi connectivity index (χ1) is 7.76. The number of nitrogens with one attached hydrogen (secondary N) is 1. The van der Waals surface area contributed by atoms with Crippen molar-refractivity contribution in [2.75, 3.05) is 6.61 Å². The van der Waals surface area contributed by atoms with Gasteiger partial charge in [-0.2, -0.15) is 5.26 Å². The highest BCUT2D eigenvalue weighted by Crippen LogP contribution is 2.05. The molecule has 1 aromatic carbocycles. The number of hydrogen-bond acceptors (Lipinski definition) is 3. The van der Waals surface area contributed by atoms with Gasteiger partial charge in [0.2, 0.25) is 5.91 Å². The van der Waals surface area contributed by atoms with E-state index in [1.165, 1.54) is 0 Å². The predicted molar refractivity (Wildman–Crippen MR) is 59.2 cm³/mol. The van der Waals surface area contributed by atoms with Gasteiger partial charge in [0.1, 0.15) is 0 Å². The van der Waals surface area contributed by atoms with Gasteiger partial charge in [-0.15, -0.1) is 0 Å². The Balaban J connectivity index is 2.37. The molecular formula is C12H14N2O2. The van der Waals surface area contributed by atoms with Gasteiger partial charge in [-0.3, -0.25) is 9.63 Å². The zero-order chi connectivity index (χ0) is 11.8. The smallest absolute Gasteiger partial charge is 0.243 e. The maximum absolute atomic E-state index is 11.2. The average molecular weight is 218 g/mol.